The van der Waals surface area contributed by atoms with Gasteiger partial charge < -0.3 is 10.2 Å². The number of likely N-dealkylation sites (N-methyl/N-ethyl adjacent to an activating group) is 1. The molecule has 0 saturated carbocycles. The molecule has 0 radical (unpaired) electrons. The van der Waals surface area contributed by atoms with Crippen LogP contribution in [-0.2, 0) is 26.2 Å². The Kier molecular flexibility index (Phi) is 9.12. The number of nitrogens with one attached hydrogen (secondary N) is 1. The third-order valence-corrected chi connectivity index (χ3v) is 7.80. The first-order chi connectivity index (χ1) is 17.1. The van der Waals surface area contributed by atoms with Crippen LogP contribution in [-0.4, -0.2) is 44.3 Å². The number of carbonyl (C=O) groups excluding carboxylic acids is 2. The molecular formula is C27H30ClN3O4S. The minimum atomic E-state index is -4.12. The first-order valence-electron chi connectivity index (χ1n) is 11.6. The fourth-order valence-electron chi connectivity index (χ4n) is 3.78. The molecule has 9 heteroatoms. The van der Waals surface area contributed by atoms with E-state index in [0.29, 0.717) is 22.8 Å². The number of sulfonamides is 1. The highest BCUT2D eigenvalue weighted by molar-refractivity contribution is 7.92. The highest BCUT2D eigenvalue weighted by Gasteiger charge is 2.32. The van der Waals surface area contributed by atoms with Gasteiger partial charge in [0.1, 0.15) is 12.6 Å². The summed E-state index contributed by atoms with van der Waals surface area (Å²) in [7, 11) is -4.12. The Morgan fingerprint density at radius 2 is 1.56 bits per heavy atom. The third-order valence-electron chi connectivity index (χ3n) is 5.78. The molecule has 2 amide bonds. The van der Waals surface area contributed by atoms with Crippen molar-refractivity contribution in [1.82, 2.24) is 10.2 Å². The molecule has 3 aromatic rings. The number of para-hydroxylation sites is 1. The number of rotatable bonds is 10. The standard InChI is InChI=1S/C27H30ClN3O4S/c1-4-29-27(33)21(3)30(18-22-11-6-5-7-12-22)26(32)19-31(25-13-9-8-10-20(25)2)36(34,35)24-16-14-23(28)15-17-24/h5-17,21H,4,18-19H2,1-3H3,(H,29,33)/t21-/m0/s1. The van der Waals surface area contributed by atoms with Crippen molar-refractivity contribution in [2.24, 2.45) is 0 Å². The zero-order valence-electron chi connectivity index (χ0n) is 20.5. The van der Waals surface area contributed by atoms with Crippen LogP contribution < -0.4 is 9.62 Å². The lowest BCUT2D eigenvalue weighted by Gasteiger charge is -2.32. The van der Waals surface area contributed by atoms with Gasteiger partial charge in [-0.1, -0.05) is 60.1 Å². The summed E-state index contributed by atoms with van der Waals surface area (Å²) in [4.78, 5) is 27.8. The number of halogens is 1. The predicted octanol–water partition coefficient (Wildman–Crippen LogP) is 4.40. The molecule has 0 aliphatic carbocycles. The third kappa shape index (κ3) is 6.44. The van der Waals surface area contributed by atoms with Crippen molar-refractivity contribution in [2.45, 2.75) is 38.3 Å². The summed E-state index contributed by atoms with van der Waals surface area (Å²) in [5.74, 6) is -0.817. The largest absolute Gasteiger partial charge is 0.355 e. The Morgan fingerprint density at radius 3 is 2.17 bits per heavy atom. The highest BCUT2D eigenvalue weighted by atomic mass is 35.5. The summed E-state index contributed by atoms with van der Waals surface area (Å²) in [6, 6.07) is 21.2. The topological polar surface area (TPSA) is 86.8 Å². The van der Waals surface area contributed by atoms with Crippen molar-refractivity contribution in [3.63, 3.8) is 0 Å². The van der Waals surface area contributed by atoms with Crippen LogP contribution in [0.2, 0.25) is 5.02 Å². The molecular weight excluding hydrogens is 498 g/mol. The van der Waals surface area contributed by atoms with Crippen molar-refractivity contribution >= 4 is 39.1 Å². The summed E-state index contributed by atoms with van der Waals surface area (Å²) >= 11 is 5.97. The summed E-state index contributed by atoms with van der Waals surface area (Å²) in [5, 5.41) is 3.14. The van der Waals surface area contributed by atoms with E-state index in [1.165, 1.54) is 29.2 Å². The second-order valence-corrected chi connectivity index (χ2v) is 10.6. The van der Waals surface area contributed by atoms with Crippen molar-refractivity contribution in [3.05, 3.63) is 95.0 Å². The second kappa shape index (κ2) is 12.1. The van der Waals surface area contributed by atoms with Crippen molar-refractivity contribution < 1.29 is 18.0 Å². The van der Waals surface area contributed by atoms with Gasteiger partial charge in [0, 0.05) is 18.1 Å². The molecule has 0 bridgehead atoms. The molecule has 0 unspecified atom stereocenters. The number of hydrogen-bond donors (Lipinski definition) is 1. The van der Waals surface area contributed by atoms with Gasteiger partial charge in [0.05, 0.1) is 10.6 Å². The smallest absolute Gasteiger partial charge is 0.264 e. The number of aryl methyl sites for hydroxylation is 1. The Hall–Kier alpha value is -3.36. The predicted molar refractivity (Wildman–Crippen MR) is 142 cm³/mol. The maximum absolute atomic E-state index is 13.8. The molecule has 0 aliphatic rings. The molecule has 1 atom stereocenters. The zero-order chi connectivity index (χ0) is 26.3. The monoisotopic (exact) mass is 527 g/mol. The maximum atomic E-state index is 13.8. The van der Waals surface area contributed by atoms with E-state index in [9.17, 15) is 18.0 Å². The summed E-state index contributed by atoms with van der Waals surface area (Å²) in [6.45, 7) is 5.30. The molecule has 190 valence electrons. The van der Waals surface area contributed by atoms with Crippen LogP contribution in [0.15, 0.2) is 83.8 Å². The Labute approximate surface area is 217 Å². The Morgan fingerprint density at radius 1 is 0.944 bits per heavy atom. The lowest BCUT2D eigenvalue weighted by molar-refractivity contribution is -0.139. The molecule has 0 heterocycles. The SMILES string of the molecule is CCNC(=O)[C@H](C)N(Cc1ccccc1)C(=O)CN(c1ccccc1C)S(=O)(=O)c1ccc(Cl)cc1. The van der Waals surface area contributed by atoms with E-state index in [-0.39, 0.29) is 17.3 Å². The number of benzene rings is 3. The van der Waals surface area contributed by atoms with E-state index in [2.05, 4.69) is 5.32 Å². The number of carbonyl (C=O) groups is 2. The molecule has 36 heavy (non-hydrogen) atoms. The Bertz CT molecular complexity index is 1300. The van der Waals surface area contributed by atoms with Gasteiger partial charge in [0.25, 0.3) is 10.0 Å². The van der Waals surface area contributed by atoms with Crippen molar-refractivity contribution in [1.29, 1.82) is 0 Å². The van der Waals surface area contributed by atoms with E-state index >= 15 is 0 Å². The maximum Gasteiger partial charge on any atom is 0.264 e. The average molecular weight is 528 g/mol. The summed E-state index contributed by atoms with van der Waals surface area (Å²) < 4.78 is 28.6. The van der Waals surface area contributed by atoms with Gasteiger partial charge in [-0.3, -0.25) is 13.9 Å². The van der Waals surface area contributed by atoms with Crippen LogP contribution in [0.5, 0.6) is 0 Å². The number of nitrogens with zero attached hydrogens (tertiary/aromatic N) is 2. The molecule has 3 rings (SSSR count). The van der Waals surface area contributed by atoms with Crippen molar-refractivity contribution in [2.75, 3.05) is 17.4 Å². The first kappa shape index (κ1) is 27.2. The molecule has 0 spiro atoms. The zero-order valence-corrected chi connectivity index (χ0v) is 22.1. The van der Waals surface area contributed by atoms with Gasteiger partial charge in [-0.25, -0.2) is 8.42 Å². The van der Waals surface area contributed by atoms with Crippen LogP contribution in [0.4, 0.5) is 5.69 Å². The van der Waals surface area contributed by atoms with Crippen molar-refractivity contribution in [3.8, 4) is 0 Å². The Balaban J connectivity index is 2.03. The molecule has 0 saturated heterocycles. The highest BCUT2D eigenvalue weighted by Crippen LogP contribution is 2.28. The lowest BCUT2D eigenvalue weighted by Crippen LogP contribution is -2.51. The molecule has 0 aromatic heterocycles. The van der Waals surface area contributed by atoms with E-state index < -0.39 is 28.5 Å². The van der Waals surface area contributed by atoms with Crippen LogP contribution in [0, 0.1) is 6.92 Å². The lowest BCUT2D eigenvalue weighted by atomic mass is 10.1. The van der Waals surface area contributed by atoms with Gasteiger partial charge in [-0.15, -0.1) is 0 Å². The summed E-state index contributed by atoms with van der Waals surface area (Å²) in [6.07, 6.45) is 0. The molecule has 3 aromatic carbocycles. The van der Waals surface area contributed by atoms with E-state index in [0.717, 1.165) is 9.87 Å². The van der Waals surface area contributed by atoms with E-state index in [1.807, 2.05) is 30.3 Å². The van der Waals surface area contributed by atoms with Gasteiger partial charge in [0.2, 0.25) is 11.8 Å². The fourth-order valence-corrected chi connectivity index (χ4v) is 5.38. The number of anilines is 1. The second-order valence-electron chi connectivity index (χ2n) is 8.33. The van der Waals surface area contributed by atoms with Gasteiger partial charge in [0.15, 0.2) is 0 Å². The normalized spacial score (nSPS) is 12.0. The van der Waals surface area contributed by atoms with E-state index in [4.69, 9.17) is 11.6 Å². The quantitative estimate of drug-likeness (QED) is 0.423. The van der Waals surface area contributed by atoms with Gasteiger partial charge in [-0.2, -0.15) is 0 Å². The fraction of sp³-hybridized carbons (Fsp3) is 0.259. The molecule has 0 fully saturated rings. The summed E-state index contributed by atoms with van der Waals surface area (Å²) in [5.41, 5.74) is 1.89. The van der Waals surface area contributed by atoms with Crippen LogP contribution in [0.25, 0.3) is 0 Å². The van der Waals surface area contributed by atoms with Crippen LogP contribution in [0.1, 0.15) is 25.0 Å². The minimum Gasteiger partial charge on any atom is -0.355 e. The molecule has 7 nitrogen and oxygen atoms in total. The van der Waals surface area contributed by atoms with Crippen LogP contribution in [0.3, 0.4) is 0 Å². The average Bonchev–Trinajstić information content (AvgIpc) is 2.87. The minimum absolute atomic E-state index is 0.00865. The number of amides is 2. The number of hydrogen-bond acceptors (Lipinski definition) is 4. The van der Waals surface area contributed by atoms with E-state index in [1.54, 1.807) is 45.0 Å². The molecule has 1 N–H and O–H groups in total. The van der Waals surface area contributed by atoms with Gasteiger partial charge in [-0.05, 0) is 62.2 Å². The first-order valence-corrected chi connectivity index (χ1v) is 13.4. The molecule has 0 aliphatic heterocycles. The van der Waals surface area contributed by atoms with Crippen LogP contribution >= 0.6 is 11.6 Å². The van der Waals surface area contributed by atoms with Gasteiger partial charge >= 0.3 is 0 Å².